The maximum absolute atomic E-state index is 12.4. The molecule has 0 amide bonds. The molecule has 2 N–H and O–H groups in total. The first-order valence-electron chi connectivity index (χ1n) is 8.20. The number of ether oxygens (including phenoxy) is 1. The molecule has 0 unspecified atom stereocenters. The molecule has 3 rings (SSSR count). The van der Waals surface area contributed by atoms with Gasteiger partial charge in [-0.05, 0) is 42.3 Å². The third-order valence-electron chi connectivity index (χ3n) is 3.46. The van der Waals surface area contributed by atoms with E-state index in [9.17, 15) is 4.79 Å². The number of hydrogen-bond donors (Lipinski definition) is 1. The van der Waals surface area contributed by atoms with Crippen molar-refractivity contribution in [3.05, 3.63) is 60.9 Å². The van der Waals surface area contributed by atoms with Gasteiger partial charge in [0.2, 0.25) is 0 Å². The highest BCUT2D eigenvalue weighted by Crippen LogP contribution is 2.35. The highest BCUT2D eigenvalue weighted by Gasteiger charge is 2.24. The van der Waals surface area contributed by atoms with Gasteiger partial charge in [0, 0.05) is 42.1 Å². The lowest BCUT2D eigenvalue weighted by atomic mass is 9.98. The van der Waals surface area contributed by atoms with E-state index in [1.807, 2.05) is 38.1 Å². The zero-order chi connectivity index (χ0) is 18.2. The summed E-state index contributed by atoms with van der Waals surface area (Å²) in [7, 11) is 0. The van der Waals surface area contributed by atoms with Crippen LogP contribution < -0.4 is 5.84 Å². The molecule has 0 aliphatic rings. The molecule has 6 heteroatoms. The predicted octanol–water partition coefficient (Wildman–Crippen LogP) is 3.53. The minimum Gasteiger partial charge on any atom is -0.461 e. The monoisotopic (exact) mass is 338 g/mol. The van der Waals surface area contributed by atoms with E-state index >= 15 is 0 Å². The topological polar surface area (TPSA) is 83.0 Å². The molecule has 0 atom stereocenters. The first-order chi connectivity index (χ1) is 12.2. The van der Waals surface area contributed by atoms with Crippen LogP contribution in [0.25, 0.3) is 22.3 Å². The number of carbonyl (C=O) groups is 1. The second-order valence-corrected chi connectivity index (χ2v) is 4.87. The van der Waals surface area contributed by atoms with Crippen LogP contribution in [0.3, 0.4) is 0 Å². The average Bonchev–Trinajstić information content (AvgIpc) is 3.02. The van der Waals surface area contributed by atoms with Crippen molar-refractivity contribution in [2.75, 3.05) is 12.4 Å². The normalized spacial score (nSPS) is 9.88. The van der Waals surface area contributed by atoms with Crippen LogP contribution in [0.4, 0.5) is 0 Å². The molecule has 0 spiro atoms. The van der Waals surface area contributed by atoms with Gasteiger partial charge in [0.25, 0.3) is 0 Å². The Balaban J connectivity index is 0.00000109. The Hall–Kier alpha value is -3.15. The number of rotatable bonds is 4. The van der Waals surface area contributed by atoms with Gasteiger partial charge in [-0.15, -0.1) is 0 Å². The van der Waals surface area contributed by atoms with Crippen molar-refractivity contribution in [2.45, 2.75) is 20.8 Å². The molecule has 0 aliphatic carbocycles. The smallest absolute Gasteiger partial charge is 0.357 e. The first kappa shape index (κ1) is 18.2. The van der Waals surface area contributed by atoms with Crippen LogP contribution in [0.2, 0.25) is 0 Å². The van der Waals surface area contributed by atoms with Gasteiger partial charge in [-0.25, -0.2) is 4.79 Å². The summed E-state index contributed by atoms with van der Waals surface area (Å²) in [5.41, 5.74) is 3.63. The molecule has 0 fully saturated rings. The number of nitrogens with zero attached hydrogens (tertiary/aromatic N) is 3. The number of aromatic nitrogens is 3. The lowest BCUT2D eigenvalue weighted by Crippen LogP contribution is -2.18. The molecule has 130 valence electrons. The summed E-state index contributed by atoms with van der Waals surface area (Å²) in [6, 6.07) is 7.41. The summed E-state index contributed by atoms with van der Waals surface area (Å²) in [6.45, 7) is 6.04. The average molecular weight is 338 g/mol. The molecule has 0 aromatic carbocycles. The fraction of sp³-hybridized carbons (Fsp3) is 0.211. The SMILES string of the molecule is CC.CCOC(=O)c1c(-c2ccncc2)c(-c2ccncc2)cn1N. The zero-order valence-electron chi connectivity index (χ0n) is 14.6. The largest absolute Gasteiger partial charge is 0.461 e. The summed E-state index contributed by atoms with van der Waals surface area (Å²) in [5.74, 6) is 5.58. The fourth-order valence-corrected chi connectivity index (χ4v) is 2.49. The molecular formula is C19H22N4O2. The van der Waals surface area contributed by atoms with Gasteiger partial charge in [0.05, 0.1) is 6.61 Å². The zero-order valence-corrected chi connectivity index (χ0v) is 14.6. The number of carbonyl (C=O) groups excluding carboxylic acids is 1. The van der Waals surface area contributed by atoms with Crippen molar-refractivity contribution in [1.29, 1.82) is 0 Å². The van der Waals surface area contributed by atoms with Crippen LogP contribution in [0.5, 0.6) is 0 Å². The van der Waals surface area contributed by atoms with Crippen LogP contribution >= 0.6 is 0 Å². The van der Waals surface area contributed by atoms with Gasteiger partial charge in [-0.1, -0.05) is 13.8 Å². The van der Waals surface area contributed by atoms with E-state index in [2.05, 4.69) is 9.97 Å². The molecule has 3 aromatic heterocycles. The quantitative estimate of drug-likeness (QED) is 0.581. The maximum Gasteiger partial charge on any atom is 0.357 e. The van der Waals surface area contributed by atoms with Crippen LogP contribution in [0.15, 0.2) is 55.2 Å². The first-order valence-corrected chi connectivity index (χ1v) is 8.20. The van der Waals surface area contributed by atoms with Crippen molar-refractivity contribution in [1.82, 2.24) is 14.6 Å². The summed E-state index contributed by atoms with van der Waals surface area (Å²) in [4.78, 5) is 20.4. The molecular weight excluding hydrogens is 316 g/mol. The number of nitrogens with two attached hydrogens (primary N) is 1. The molecule has 0 bridgehead atoms. The van der Waals surface area contributed by atoms with Gasteiger partial charge < -0.3 is 10.6 Å². The van der Waals surface area contributed by atoms with Crippen LogP contribution in [-0.2, 0) is 4.74 Å². The Labute approximate surface area is 147 Å². The lowest BCUT2D eigenvalue weighted by Gasteiger charge is -2.08. The van der Waals surface area contributed by atoms with Crippen LogP contribution in [-0.4, -0.2) is 27.2 Å². The Kier molecular flexibility index (Phi) is 6.28. The Bertz CT molecular complexity index is 814. The van der Waals surface area contributed by atoms with E-state index in [1.165, 1.54) is 4.68 Å². The van der Waals surface area contributed by atoms with E-state index in [1.54, 1.807) is 37.9 Å². The van der Waals surface area contributed by atoms with E-state index in [4.69, 9.17) is 10.6 Å². The van der Waals surface area contributed by atoms with E-state index < -0.39 is 5.97 Å². The highest BCUT2D eigenvalue weighted by molar-refractivity contribution is 6.01. The number of hydrogen-bond acceptors (Lipinski definition) is 5. The number of nitrogen functional groups attached to an aromatic ring is 1. The Morgan fingerprint density at radius 3 is 2.08 bits per heavy atom. The lowest BCUT2D eigenvalue weighted by molar-refractivity contribution is 0.0517. The third kappa shape index (κ3) is 3.85. The second-order valence-electron chi connectivity index (χ2n) is 4.87. The molecule has 6 nitrogen and oxygen atoms in total. The van der Waals surface area contributed by atoms with E-state index in [0.29, 0.717) is 5.69 Å². The summed E-state index contributed by atoms with van der Waals surface area (Å²) in [5, 5.41) is 0. The standard InChI is InChI=1S/C17H16N4O2.C2H6/c1-2-23-17(22)16-15(13-5-9-20-10-6-13)14(11-21(16)18)12-3-7-19-8-4-12;1-2/h3-11H,2,18H2,1H3;1-2H3. The summed E-state index contributed by atoms with van der Waals surface area (Å²) < 4.78 is 6.46. The fourth-order valence-electron chi connectivity index (χ4n) is 2.49. The minimum absolute atomic E-state index is 0.282. The van der Waals surface area contributed by atoms with Crippen molar-refractivity contribution in [3.63, 3.8) is 0 Å². The van der Waals surface area contributed by atoms with Gasteiger partial charge in [-0.2, -0.15) is 0 Å². The third-order valence-corrected chi connectivity index (χ3v) is 3.46. The molecule has 0 aliphatic heterocycles. The van der Waals surface area contributed by atoms with Gasteiger partial charge in [-0.3, -0.25) is 14.6 Å². The van der Waals surface area contributed by atoms with Crippen molar-refractivity contribution >= 4 is 5.97 Å². The molecule has 25 heavy (non-hydrogen) atoms. The molecule has 0 saturated heterocycles. The van der Waals surface area contributed by atoms with Crippen LogP contribution in [0, 0.1) is 0 Å². The highest BCUT2D eigenvalue weighted by atomic mass is 16.5. The predicted molar refractivity (Wildman–Crippen MR) is 98.3 cm³/mol. The van der Waals surface area contributed by atoms with Crippen molar-refractivity contribution < 1.29 is 9.53 Å². The Morgan fingerprint density at radius 2 is 1.56 bits per heavy atom. The van der Waals surface area contributed by atoms with E-state index in [-0.39, 0.29) is 6.61 Å². The molecule has 3 aromatic rings. The number of pyridine rings is 2. The van der Waals surface area contributed by atoms with E-state index in [0.717, 1.165) is 22.3 Å². The molecule has 0 radical (unpaired) electrons. The molecule has 3 heterocycles. The van der Waals surface area contributed by atoms with Gasteiger partial charge >= 0.3 is 5.97 Å². The van der Waals surface area contributed by atoms with Gasteiger partial charge in [0.1, 0.15) is 0 Å². The summed E-state index contributed by atoms with van der Waals surface area (Å²) in [6.07, 6.45) is 8.47. The van der Waals surface area contributed by atoms with Crippen molar-refractivity contribution in [3.8, 4) is 22.3 Å². The minimum atomic E-state index is -0.456. The summed E-state index contributed by atoms with van der Waals surface area (Å²) >= 11 is 0. The Morgan fingerprint density at radius 1 is 1.04 bits per heavy atom. The second kappa shape index (κ2) is 8.63. The van der Waals surface area contributed by atoms with Crippen LogP contribution in [0.1, 0.15) is 31.3 Å². The number of esters is 1. The molecule has 0 saturated carbocycles. The van der Waals surface area contributed by atoms with Crippen molar-refractivity contribution in [2.24, 2.45) is 0 Å². The maximum atomic E-state index is 12.4. The van der Waals surface area contributed by atoms with Gasteiger partial charge in [0.15, 0.2) is 5.69 Å².